The number of nitrogens with one attached hydrogen (secondary N) is 1. The van der Waals surface area contributed by atoms with E-state index in [0.717, 1.165) is 6.08 Å². The average Bonchev–Trinajstić information content (AvgIpc) is 2.37. The van der Waals surface area contributed by atoms with E-state index in [0.29, 0.717) is 5.70 Å². The van der Waals surface area contributed by atoms with Crippen molar-refractivity contribution in [2.45, 2.75) is 27.7 Å². The Labute approximate surface area is 151 Å². The minimum atomic E-state index is -2.30. The minimum absolute atomic E-state index is 0. The second-order valence-electron chi connectivity index (χ2n) is 4.49. The van der Waals surface area contributed by atoms with Crippen LogP contribution in [0.4, 0.5) is 0 Å². The van der Waals surface area contributed by atoms with Gasteiger partial charge in [-0.05, 0) is 33.8 Å². The Balaban J connectivity index is 0.00000441. The van der Waals surface area contributed by atoms with E-state index in [1.54, 1.807) is 20.8 Å². The second-order valence-corrected chi connectivity index (χ2v) is 4.49. The molecule has 1 atom stereocenters. The Hall–Kier alpha value is -1.31. The summed E-state index contributed by atoms with van der Waals surface area (Å²) in [5, 5.41) is 14.5. The summed E-state index contributed by atoms with van der Waals surface area (Å²) < 4.78 is 9.68. The molecule has 0 aromatic rings. The normalized spacial score (nSPS) is 20.3. The Bertz CT molecular complexity index is 539. The monoisotopic (exact) mass is 319 g/mol. The van der Waals surface area contributed by atoms with Crippen LogP contribution in [0, 0.1) is 5.41 Å². The van der Waals surface area contributed by atoms with E-state index in [1.165, 1.54) is 6.92 Å². The molecule has 1 unspecified atom stereocenters. The van der Waals surface area contributed by atoms with Crippen molar-refractivity contribution < 1.29 is 58.5 Å². The first-order valence-corrected chi connectivity index (χ1v) is 6.54. The first-order chi connectivity index (χ1) is 9.81. The zero-order valence-corrected chi connectivity index (χ0v) is 15.4. The van der Waals surface area contributed by atoms with Gasteiger partial charge in [-0.2, -0.15) is 0 Å². The van der Waals surface area contributed by atoms with Gasteiger partial charge in [0, 0.05) is 11.4 Å². The van der Waals surface area contributed by atoms with Crippen molar-refractivity contribution >= 4 is 17.9 Å². The van der Waals surface area contributed by atoms with Gasteiger partial charge in [-0.1, -0.05) is 0 Å². The molecule has 0 aliphatic carbocycles. The maximum atomic E-state index is 12.2. The van der Waals surface area contributed by atoms with Crippen LogP contribution in [0.5, 0.6) is 0 Å². The number of hydrogen-bond donors (Lipinski definition) is 1. The third-order valence-corrected chi connectivity index (χ3v) is 2.99. The number of rotatable bonds is 5. The molecule has 0 radical (unpaired) electrons. The molecule has 0 aromatic heterocycles. The number of dihydropyridines is 1. The molecule has 1 aliphatic rings. The van der Waals surface area contributed by atoms with Crippen LogP contribution < -0.4 is 40.0 Å². The van der Waals surface area contributed by atoms with Crippen LogP contribution in [-0.4, -0.2) is 31.1 Å². The molecule has 22 heavy (non-hydrogen) atoms. The van der Waals surface area contributed by atoms with Gasteiger partial charge in [-0.15, -0.1) is 0 Å². The van der Waals surface area contributed by atoms with Crippen molar-refractivity contribution in [3.8, 4) is 0 Å². The standard InChI is InChI=1S/C14H19NO6.Na/c1-5-20-11(16)10-9(4)15-8(3)7-14(10,12(17)18)13(19)21-6-2;/h7,15H,5-6H2,1-4H3,(H,17,18);/q;+1/p-1. The molecular formula is C14H18NNaO6. The van der Waals surface area contributed by atoms with Crippen molar-refractivity contribution in [2.24, 2.45) is 5.41 Å². The molecule has 1 rings (SSSR count). The van der Waals surface area contributed by atoms with Crippen LogP contribution in [0.2, 0.25) is 0 Å². The number of hydrogen-bond acceptors (Lipinski definition) is 7. The van der Waals surface area contributed by atoms with E-state index < -0.39 is 23.3 Å². The summed E-state index contributed by atoms with van der Waals surface area (Å²) in [6.45, 7) is 6.20. The second kappa shape index (κ2) is 8.36. The molecule has 0 bridgehead atoms. The van der Waals surface area contributed by atoms with Gasteiger partial charge in [0.2, 0.25) is 0 Å². The molecular weight excluding hydrogens is 301 g/mol. The molecule has 0 amide bonds. The number of esters is 2. The van der Waals surface area contributed by atoms with Crippen molar-refractivity contribution in [3.05, 3.63) is 23.0 Å². The van der Waals surface area contributed by atoms with Crippen molar-refractivity contribution in [1.29, 1.82) is 0 Å². The maximum absolute atomic E-state index is 12.2. The minimum Gasteiger partial charge on any atom is -0.548 e. The summed E-state index contributed by atoms with van der Waals surface area (Å²) in [5.41, 5.74) is -2.02. The SMILES string of the molecule is CCOC(=O)C1=C(C)NC(C)=CC1(C(=O)[O-])C(=O)OCC.[Na+]. The predicted octanol–water partition coefficient (Wildman–Crippen LogP) is -3.37. The van der Waals surface area contributed by atoms with Gasteiger partial charge in [0.1, 0.15) is 0 Å². The third kappa shape index (κ3) is 3.71. The fourth-order valence-electron chi connectivity index (χ4n) is 2.25. The summed E-state index contributed by atoms with van der Waals surface area (Å²) in [7, 11) is 0. The Kier molecular flexibility index (Phi) is 7.86. The molecule has 0 aromatic carbocycles. The van der Waals surface area contributed by atoms with Crippen LogP contribution >= 0.6 is 0 Å². The van der Waals surface area contributed by atoms with E-state index in [-0.39, 0.29) is 54.0 Å². The summed E-state index contributed by atoms with van der Waals surface area (Å²) in [4.78, 5) is 36.0. The zero-order valence-electron chi connectivity index (χ0n) is 13.4. The summed E-state index contributed by atoms with van der Waals surface area (Å²) >= 11 is 0. The first-order valence-electron chi connectivity index (χ1n) is 6.54. The van der Waals surface area contributed by atoms with Gasteiger partial charge in [0.15, 0.2) is 5.41 Å². The Morgan fingerprint density at radius 1 is 1.18 bits per heavy atom. The van der Waals surface area contributed by atoms with Crippen LogP contribution in [0.25, 0.3) is 0 Å². The summed E-state index contributed by atoms with van der Waals surface area (Å²) in [6.07, 6.45) is 1.11. The topological polar surface area (TPSA) is 105 Å². The van der Waals surface area contributed by atoms with Crippen LogP contribution in [-0.2, 0) is 23.9 Å². The van der Waals surface area contributed by atoms with Crippen molar-refractivity contribution in [3.63, 3.8) is 0 Å². The third-order valence-electron chi connectivity index (χ3n) is 2.99. The molecule has 1 N–H and O–H groups in total. The predicted molar refractivity (Wildman–Crippen MR) is 70.3 cm³/mol. The van der Waals surface area contributed by atoms with Crippen LogP contribution in [0.1, 0.15) is 27.7 Å². The van der Waals surface area contributed by atoms with Crippen molar-refractivity contribution in [2.75, 3.05) is 13.2 Å². The van der Waals surface area contributed by atoms with Crippen LogP contribution in [0.3, 0.4) is 0 Å². The number of carbonyl (C=O) groups excluding carboxylic acids is 3. The van der Waals surface area contributed by atoms with E-state index in [9.17, 15) is 19.5 Å². The molecule has 116 valence electrons. The number of carbonyl (C=O) groups is 3. The molecule has 0 saturated heterocycles. The number of carboxylic acid groups (broad SMARTS) is 1. The van der Waals surface area contributed by atoms with E-state index in [1.807, 2.05) is 0 Å². The van der Waals surface area contributed by atoms with Gasteiger partial charge in [0.05, 0.1) is 24.8 Å². The quantitative estimate of drug-likeness (QED) is 0.320. The number of carboxylic acids is 1. The molecule has 1 heterocycles. The van der Waals surface area contributed by atoms with E-state index in [2.05, 4.69) is 5.32 Å². The Morgan fingerprint density at radius 2 is 1.73 bits per heavy atom. The molecule has 0 fully saturated rings. The van der Waals surface area contributed by atoms with Gasteiger partial charge in [-0.25, -0.2) is 4.79 Å². The van der Waals surface area contributed by atoms with E-state index in [4.69, 9.17) is 9.47 Å². The summed E-state index contributed by atoms with van der Waals surface area (Å²) in [5.74, 6) is -3.71. The Morgan fingerprint density at radius 3 is 2.18 bits per heavy atom. The molecule has 0 spiro atoms. The molecule has 7 nitrogen and oxygen atoms in total. The largest absolute Gasteiger partial charge is 1.00 e. The zero-order chi connectivity index (χ0) is 16.2. The van der Waals surface area contributed by atoms with Gasteiger partial charge in [0.25, 0.3) is 0 Å². The van der Waals surface area contributed by atoms with Gasteiger partial charge < -0.3 is 24.7 Å². The number of aliphatic carboxylic acids is 1. The fourth-order valence-corrected chi connectivity index (χ4v) is 2.25. The van der Waals surface area contributed by atoms with E-state index >= 15 is 0 Å². The average molecular weight is 319 g/mol. The molecule has 1 aliphatic heterocycles. The molecule has 8 heteroatoms. The summed E-state index contributed by atoms with van der Waals surface area (Å²) in [6, 6.07) is 0. The van der Waals surface area contributed by atoms with Crippen molar-refractivity contribution in [1.82, 2.24) is 5.32 Å². The van der Waals surface area contributed by atoms with Gasteiger partial charge >= 0.3 is 41.5 Å². The molecule has 0 saturated carbocycles. The number of allylic oxidation sites excluding steroid dienone is 2. The van der Waals surface area contributed by atoms with Gasteiger partial charge in [-0.3, -0.25) is 4.79 Å². The maximum Gasteiger partial charge on any atom is 1.00 e. The smallest absolute Gasteiger partial charge is 0.548 e. The number of ether oxygens (including phenoxy) is 2. The van der Waals surface area contributed by atoms with Crippen LogP contribution in [0.15, 0.2) is 23.0 Å². The fraction of sp³-hybridized carbons (Fsp3) is 0.500. The first kappa shape index (κ1) is 20.7.